The van der Waals surface area contributed by atoms with Crippen LogP contribution in [0.3, 0.4) is 0 Å². The van der Waals surface area contributed by atoms with E-state index in [1.165, 1.54) is 0 Å². The summed E-state index contributed by atoms with van der Waals surface area (Å²) in [5, 5.41) is 4.60. The Morgan fingerprint density at radius 2 is 1.89 bits per heavy atom. The largest absolute Gasteiger partial charge is 0.377 e. The van der Waals surface area contributed by atoms with Gasteiger partial charge in [0.05, 0.1) is 32.0 Å². The van der Waals surface area contributed by atoms with E-state index in [0.717, 1.165) is 34.1 Å². The highest BCUT2D eigenvalue weighted by Crippen LogP contribution is 2.31. The lowest BCUT2D eigenvalue weighted by Gasteiger charge is -2.34. The zero-order valence-electron chi connectivity index (χ0n) is 21.4. The molecule has 1 amide bonds. The number of nitrogens with zero attached hydrogens (tertiary/aromatic N) is 9. The van der Waals surface area contributed by atoms with Gasteiger partial charge in [0.1, 0.15) is 0 Å². The molecule has 4 aromatic rings. The fraction of sp³-hybridized carbons (Fsp3) is 0.423. The summed E-state index contributed by atoms with van der Waals surface area (Å²) in [7, 11) is 1.84. The fourth-order valence-corrected chi connectivity index (χ4v) is 4.98. The highest BCUT2D eigenvalue weighted by molar-refractivity contribution is 5.88. The second-order valence-corrected chi connectivity index (χ2v) is 9.57. The average molecular weight is 502 g/mol. The van der Waals surface area contributed by atoms with E-state index >= 15 is 0 Å². The van der Waals surface area contributed by atoms with Crippen molar-refractivity contribution in [3.05, 3.63) is 42.7 Å². The smallest absolute Gasteiger partial charge is 0.254 e. The van der Waals surface area contributed by atoms with Gasteiger partial charge in [0.25, 0.3) is 5.95 Å². The van der Waals surface area contributed by atoms with Crippen molar-refractivity contribution in [2.45, 2.75) is 26.4 Å². The number of imidazole rings is 1. The van der Waals surface area contributed by atoms with E-state index in [0.29, 0.717) is 51.9 Å². The van der Waals surface area contributed by atoms with Crippen LogP contribution in [0.15, 0.2) is 42.7 Å². The van der Waals surface area contributed by atoms with E-state index in [1.807, 2.05) is 42.5 Å². The van der Waals surface area contributed by atoms with Crippen LogP contribution < -0.4 is 9.80 Å². The predicted octanol–water partition coefficient (Wildman–Crippen LogP) is 2.20. The lowest BCUT2D eigenvalue weighted by atomic mass is 10.1. The van der Waals surface area contributed by atoms with E-state index < -0.39 is 0 Å². The number of anilines is 2. The minimum atomic E-state index is 0.0831. The maximum Gasteiger partial charge on any atom is 0.254 e. The Hall–Kier alpha value is -3.99. The van der Waals surface area contributed by atoms with Crippen molar-refractivity contribution in [2.24, 2.45) is 0 Å². The molecule has 0 aliphatic carbocycles. The average Bonchev–Trinajstić information content (AvgIpc) is 3.56. The lowest BCUT2D eigenvalue weighted by Crippen LogP contribution is -2.49. The van der Waals surface area contributed by atoms with Crippen molar-refractivity contribution < 1.29 is 9.53 Å². The van der Waals surface area contributed by atoms with Crippen molar-refractivity contribution in [2.75, 3.05) is 56.2 Å². The van der Waals surface area contributed by atoms with Gasteiger partial charge in [-0.3, -0.25) is 9.36 Å². The summed E-state index contributed by atoms with van der Waals surface area (Å²) in [4.78, 5) is 33.5. The molecule has 0 radical (unpaired) electrons. The summed E-state index contributed by atoms with van der Waals surface area (Å²) in [5.74, 6) is 2.08. The standard InChI is InChI=1S/C26H31N9O2/c1-4-33-23-22(28-26(33)32-11-10-31(3)21(36)16-32)24(34-12-13-37-17-18(34)2)30-25(29-23)35-15-20(14-27-35)19-8-6-5-7-9-19/h5-9,14-15,18H,4,10-13,16-17H2,1-3H3/t18-/m0/s1. The molecule has 11 nitrogen and oxygen atoms in total. The summed E-state index contributed by atoms with van der Waals surface area (Å²) < 4.78 is 9.50. The van der Waals surface area contributed by atoms with Gasteiger partial charge in [-0.25, -0.2) is 9.67 Å². The molecule has 2 fully saturated rings. The molecule has 6 rings (SSSR count). The molecule has 0 unspecified atom stereocenters. The molecule has 0 bridgehead atoms. The molecule has 1 atom stereocenters. The van der Waals surface area contributed by atoms with Crippen LogP contribution in [0.1, 0.15) is 13.8 Å². The Labute approximate surface area is 215 Å². The van der Waals surface area contributed by atoms with Gasteiger partial charge in [-0.15, -0.1) is 0 Å². The Morgan fingerprint density at radius 1 is 1.05 bits per heavy atom. The Morgan fingerprint density at radius 3 is 2.65 bits per heavy atom. The highest BCUT2D eigenvalue weighted by Gasteiger charge is 2.30. The SMILES string of the molecule is CCn1c(N2CCN(C)C(=O)C2)nc2c(N3CCOC[C@@H]3C)nc(-n3cc(-c4ccccc4)cn3)nc21. The van der Waals surface area contributed by atoms with Gasteiger partial charge in [-0.1, -0.05) is 30.3 Å². The van der Waals surface area contributed by atoms with Crippen molar-refractivity contribution in [1.82, 2.24) is 34.2 Å². The van der Waals surface area contributed by atoms with Crippen LogP contribution in [-0.4, -0.2) is 92.6 Å². The second kappa shape index (κ2) is 9.47. The van der Waals surface area contributed by atoms with Gasteiger partial charge >= 0.3 is 0 Å². The van der Waals surface area contributed by atoms with Crippen molar-refractivity contribution in [3.63, 3.8) is 0 Å². The molecule has 0 saturated carbocycles. The van der Waals surface area contributed by atoms with E-state index in [4.69, 9.17) is 19.7 Å². The third kappa shape index (κ3) is 4.18. The number of rotatable bonds is 5. The number of likely N-dealkylation sites (N-methyl/N-ethyl adjacent to an activating group) is 1. The summed E-state index contributed by atoms with van der Waals surface area (Å²) in [6.07, 6.45) is 3.79. The van der Waals surface area contributed by atoms with Crippen LogP contribution >= 0.6 is 0 Å². The van der Waals surface area contributed by atoms with Crippen molar-refractivity contribution in [1.29, 1.82) is 0 Å². The molecular weight excluding hydrogens is 470 g/mol. The molecule has 11 heteroatoms. The molecule has 0 N–H and O–H groups in total. The van der Waals surface area contributed by atoms with Crippen LogP contribution in [0.5, 0.6) is 0 Å². The Kier molecular flexibility index (Phi) is 5.99. The molecule has 5 heterocycles. The van der Waals surface area contributed by atoms with E-state index in [1.54, 1.807) is 9.58 Å². The molecular formula is C26H31N9O2. The van der Waals surface area contributed by atoms with Crippen molar-refractivity contribution in [3.8, 4) is 17.1 Å². The third-order valence-electron chi connectivity index (χ3n) is 7.13. The molecule has 2 saturated heterocycles. The monoisotopic (exact) mass is 501 g/mol. The zero-order valence-corrected chi connectivity index (χ0v) is 21.4. The molecule has 37 heavy (non-hydrogen) atoms. The molecule has 2 aliphatic rings. The maximum absolute atomic E-state index is 12.5. The van der Waals surface area contributed by atoms with E-state index in [9.17, 15) is 4.79 Å². The van der Waals surface area contributed by atoms with E-state index in [-0.39, 0.29) is 11.9 Å². The summed E-state index contributed by atoms with van der Waals surface area (Å²) in [6.45, 7) is 8.49. The van der Waals surface area contributed by atoms with Crippen LogP contribution in [0.25, 0.3) is 28.2 Å². The number of aryl methyl sites for hydroxylation is 1. The highest BCUT2D eigenvalue weighted by atomic mass is 16.5. The summed E-state index contributed by atoms with van der Waals surface area (Å²) in [5.41, 5.74) is 3.54. The number of ether oxygens (including phenoxy) is 1. The number of morpholine rings is 1. The fourth-order valence-electron chi connectivity index (χ4n) is 4.98. The first-order valence-electron chi connectivity index (χ1n) is 12.8. The first kappa shape index (κ1) is 23.4. The number of piperazine rings is 1. The minimum Gasteiger partial charge on any atom is -0.377 e. The zero-order chi connectivity index (χ0) is 25.5. The lowest BCUT2D eigenvalue weighted by molar-refractivity contribution is -0.129. The summed E-state index contributed by atoms with van der Waals surface area (Å²) in [6, 6.07) is 10.3. The normalized spacial score (nSPS) is 18.7. The van der Waals surface area contributed by atoms with E-state index in [2.05, 4.69) is 40.5 Å². The first-order chi connectivity index (χ1) is 18.0. The number of carbonyl (C=O) groups excluding carboxylic acids is 1. The Balaban J connectivity index is 1.50. The van der Waals surface area contributed by atoms with Crippen LogP contribution in [0.2, 0.25) is 0 Å². The third-order valence-corrected chi connectivity index (χ3v) is 7.13. The molecule has 192 valence electrons. The quantitative estimate of drug-likeness (QED) is 0.411. The minimum absolute atomic E-state index is 0.0831. The maximum atomic E-state index is 12.5. The van der Waals surface area contributed by atoms with Crippen LogP contribution in [-0.2, 0) is 16.1 Å². The molecule has 3 aromatic heterocycles. The number of aromatic nitrogens is 6. The predicted molar refractivity (Wildman–Crippen MR) is 141 cm³/mol. The summed E-state index contributed by atoms with van der Waals surface area (Å²) >= 11 is 0. The van der Waals surface area contributed by atoms with Gasteiger partial charge in [0, 0.05) is 45.0 Å². The number of carbonyl (C=O) groups is 1. The topological polar surface area (TPSA) is 97.4 Å². The number of amides is 1. The van der Waals surface area contributed by atoms with Gasteiger partial charge in [-0.05, 0) is 19.4 Å². The number of benzene rings is 1. The number of fused-ring (bicyclic) bond motifs is 1. The van der Waals surface area contributed by atoms with Gasteiger partial charge in [0.15, 0.2) is 17.0 Å². The molecule has 2 aliphatic heterocycles. The molecule has 0 spiro atoms. The molecule has 1 aromatic carbocycles. The van der Waals surface area contributed by atoms with Gasteiger partial charge in [-0.2, -0.15) is 15.1 Å². The number of hydrogen-bond acceptors (Lipinski definition) is 8. The second-order valence-electron chi connectivity index (χ2n) is 9.57. The van der Waals surface area contributed by atoms with Crippen LogP contribution in [0, 0.1) is 0 Å². The first-order valence-corrected chi connectivity index (χ1v) is 12.8. The Bertz CT molecular complexity index is 1430. The van der Waals surface area contributed by atoms with Gasteiger partial charge in [0.2, 0.25) is 11.9 Å². The van der Waals surface area contributed by atoms with Crippen LogP contribution in [0.4, 0.5) is 11.8 Å². The number of hydrogen-bond donors (Lipinski definition) is 0. The van der Waals surface area contributed by atoms with Gasteiger partial charge < -0.3 is 19.4 Å². The van der Waals surface area contributed by atoms with Crippen molar-refractivity contribution >= 4 is 28.8 Å².